The third kappa shape index (κ3) is 4.93. The van der Waals surface area contributed by atoms with Crippen molar-refractivity contribution in [1.29, 1.82) is 0 Å². The van der Waals surface area contributed by atoms with Crippen LogP contribution in [0.4, 0.5) is 21.9 Å². The molecule has 0 saturated carbocycles. The van der Waals surface area contributed by atoms with E-state index >= 15 is 0 Å². The molecule has 3 amide bonds. The van der Waals surface area contributed by atoms with Crippen LogP contribution in [0.3, 0.4) is 0 Å². The summed E-state index contributed by atoms with van der Waals surface area (Å²) in [6, 6.07) is 16.5. The predicted octanol–water partition coefficient (Wildman–Crippen LogP) is 6.90. The maximum absolute atomic E-state index is 14.0. The maximum Gasteiger partial charge on any atom is 0.412 e. The van der Waals surface area contributed by atoms with Crippen LogP contribution in [0.5, 0.6) is 5.75 Å². The molecule has 0 saturated heterocycles. The van der Waals surface area contributed by atoms with Gasteiger partial charge in [0.15, 0.2) is 0 Å². The Morgan fingerprint density at radius 2 is 1.76 bits per heavy atom. The average Bonchev–Trinajstić information content (AvgIpc) is 3.78. The molecule has 2 aliphatic heterocycles. The lowest BCUT2D eigenvalue weighted by atomic mass is 9.95. The fourth-order valence-corrected chi connectivity index (χ4v) is 6.99. The zero-order valence-electron chi connectivity index (χ0n) is 26.0. The van der Waals surface area contributed by atoms with E-state index < -0.39 is 11.7 Å². The van der Waals surface area contributed by atoms with Crippen molar-refractivity contribution in [3.8, 4) is 5.75 Å². The van der Waals surface area contributed by atoms with Crippen LogP contribution in [0, 0.1) is 0 Å². The fourth-order valence-electron chi connectivity index (χ4n) is 6.73. The normalized spacial score (nSPS) is 15.8. The second-order valence-electron chi connectivity index (χ2n) is 12.9. The van der Waals surface area contributed by atoms with Gasteiger partial charge in [0.2, 0.25) is 0 Å². The van der Waals surface area contributed by atoms with E-state index in [0.29, 0.717) is 48.2 Å². The molecule has 236 valence electrons. The van der Waals surface area contributed by atoms with E-state index in [-0.39, 0.29) is 23.5 Å². The summed E-state index contributed by atoms with van der Waals surface area (Å²) in [5.74, 6) is -0.0232. The number of hydrogen-bond acceptors (Lipinski definition) is 5. The van der Waals surface area contributed by atoms with E-state index in [2.05, 4.69) is 10.3 Å². The van der Waals surface area contributed by atoms with Crippen LogP contribution in [0.15, 0.2) is 60.8 Å². The van der Waals surface area contributed by atoms with Gasteiger partial charge >= 0.3 is 6.09 Å². The third-order valence-corrected chi connectivity index (χ3v) is 9.06. The van der Waals surface area contributed by atoms with Crippen molar-refractivity contribution in [2.24, 2.45) is 7.05 Å². The number of amides is 3. The van der Waals surface area contributed by atoms with Crippen molar-refractivity contribution < 1.29 is 24.2 Å². The SMILES string of the molecule is Cn1cc(NC(=O)OC(C)(C)C)cc1C(=O)N1CCc2c1ccc1[nH]c(C(=O)N3C[C@@H](CCl)c4c3cc(O)c3ccccc43)cc21. The molecule has 46 heavy (non-hydrogen) atoms. The van der Waals surface area contributed by atoms with E-state index in [9.17, 15) is 19.5 Å². The zero-order chi connectivity index (χ0) is 32.5. The monoisotopic (exact) mass is 639 g/mol. The molecular weight excluding hydrogens is 606 g/mol. The number of halogens is 1. The minimum Gasteiger partial charge on any atom is -0.507 e. The van der Waals surface area contributed by atoms with Crippen molar-refractivity contribution in [2.45, 2.75) is 38.7 Å². The Morgan fingerprint density at radius 1 is 1.00 bits per heavy atom. The van der Waals surface area contributed by atoms with Gasteiger partial charge in [-0.25, -0.2) is 4.79 Å². The molecule has 0 spiro atoms. The quantitative estimate of drug-likeness (QED) is 0.185. The largest absolute Gasteiger partial charge is 0.507 e. The first-order chi connectivity index (χ1) is 21.9. The van der Waals surface area contributed by atoms with Gasteiger partial charge in [0.25, 0.3) is 11.8 Å². The van der Waals surface area contributed by atoms with Crippen LogP contribution < -0.4 is 15.1 Å². The van der Waals surface area contributed by atoms with Gasteiger partial charge in [0, 0.05) is 66.2 Å². The smallest absolute Gasteiger partial charge is 0.412 e. The molecule has 2 aromatic heterocycles. The Hall–Kier alpha value is -4.96. The summed E-state index contributed by atoms with van der Waals surface area (Å²) in [6.07, 6.45) is 1.71. The summed E-state index contributed by atoms with van der Waals surface area (Å²) in [6.45, 7) is 6.24. The molecule has 4 heterocycles. The van der Waals surface area contributed by atoms with Crippen LogP contribution in [-0.4, -0.2) is 57.1 Å². The molecule has 0 bridgehead atoms. The third-order valence-electron chi connectivity index (χ3n) is 8.69. The van der Waals surface area contributed by atoms with Crippen molar-refractivity contribution in [3.63, 3.8) is 0 Å². The molecule has 0 fully saturated rings. The fraction of sp³-hybridized carbons (Fsp3) is 0.286. The number of aryl methyl sites for hydroxylation is 1. The van der Waals surface area contributed by atoms with Crippen molar-refractivity contribution >= 4 is 68.2 Å². The number of fused-ring (bicyclic) bond motifs is 6. The highest BCUT2D eigenvalue weighted by molar-refractivity contribution is 6.19. The van der Waals surface area contributed by atoms with E-state index in [0.717, 1.165) is 38.5 Å². The van der Waals surface area contributed by atoms with Gasteiger partial charge in [0.1, 0.15) is 22.7 Å². The van der Waals surface area contributed by atoms with E-state index in [1.807, 2.05) is 42.5 Å². The Kier molecular flexibility index (Phi) is 7.01. The number of anilines is 3. The number of nitrogens with one attached hydrogen (secondary N) is 2. The van der Waals surface area contributed by atoms with Crippen molar-refractivity contribution in [3.05, 3.63) is 83.3 Å². The Bertz CT molecular complexity index is 2070. The number of H-pyrrole nitrogens is 1. The summed E-state index contributed by atoms with van der Waals surface area (Å²) in [5, 5.41) is 16.0. The first-order valence-corrected chi connectivity index (χ1v) is 15.7. The lowest BCUT2D eigenvalue weighted by Crippen LogP contribution is -2.30. The molecule has 3 aromatic carbocycles. The van der Waals surface area contributed by atoms with Crippen molar-refractivity contribution in [2.75, 3.05) is 34.1 Å². The average molecular weight is 640 g/mol. The number of alkyl halides is 1. The van der Waals surface area contributed by atoms with Gasteiger partial charge in [-0.15, -0.1) is 11.6 Å². The minimum atomic E-state index is -0.645. The highest BCUT2D eigenvalue weighted by atomic mass is 35.5. The molecule has 3 N–H and O–H groups in total. The predicted molar refractivity (Wildman–Crippen MR) is 180 cm³/mol. The number of nitrogens with zero attached hydrogens (tertiary/aromatic N) is 3. The first-order valence-electron chi connectivity index (χ1n) is 15.2. The Balaban J connectivity index is 1.17. The molecule has 5 aromatic rings. The standard InChI is InChI=1S/C35H34ClN5O5/c1-35(2,3)46-34(45)37-20-13-29(39(4)18-20)33(44)40-12-11-21-24-14-26(38-25(24)9-10-27(21)40)32(43)41-17-19(16-36)31-23-8-6-5-7-22(23)30(42)15-28(31)41/h5-10,13-15,18-19,38,42H,11-12,16-17H2,1-4H3,(H,37,45)/t19-/m1/s1. The summed E-state index contributed by atoms with van der Waals surface area (Å²) < 4.78 is 7.02. The van der Waals surface area contributed by atoms with Crippen LogP contribution in [0.1, 0.15) is 58.8 Å². The molecule has 1 atom stereocenters. The van der Waals surface area contributed by atoms with Crippen LogP contribution in [0.25, 0.3) is 21.7 Å². The van der Waals surface area contributed by atoms with Gasteiger partial charge in [-0.05, 0) is 68.0 Å². The second kappa shape index (κ2) is 10.8. The van der Waals surface area contributed by atoms with Crippen LogP contribution in [0.2, 0.25) is 0 Å². The number of phenols is 1. The molecule has 11 heteroatoms. The number of carbonyl (C=O) groups is 3. The van der Waals surface area contributed by atoms with Gasteiger partial charge in [-0.2, -0.15) is 0 Å². The number of aromatic nitrogens is 2. The number of rotatable bonds is 4. The topological polar surface area (TPSA) is 120 Å². The summed E-state index contributed by atoms with van der Waals surface area (Å²) >= 11 is 6.39. The minimum absolute atomic E-state index is 0.0725. The lowest BCUT2D eigenvalue weighted by Gasteiger charge is -2.19. The number of phenolic OH excluding ortho intramolecular Hbond substituents is 1. The van der Waals surface area contributed by atoms with E-state index in [1.165, 1.54) is 0 Å². The number of hydrogen-bond donors (Lipinski definition) is 3. The number of aromatic hydroxyl groups is 1. The summed E-state index contributed by atoms with van der Waals surface area (Å²) in [7, 11) is 1.76. The van der Waals surface area contributed by atoms with Gasteiger partial charge in [-0.1, -0.05) is 24.3 Å². The Labute approximate surface area is 270 Å². The maximum atomic E-state index is 14.0. The number of carbonyl (C=O) groups excluding carboxylic acids is 3. The summed E-state index contributed by atoms with van der Waals surface area (Å²) in [5.41, 5.74) is 4.84. The van der Waals surface area contributed by atoms with Gasteiger partial charge in [-0.3, -0.25) is 14.9 Å². The number of benzene rings is 3. The number of aromatic amines is 1. The van der Waals surface area contributed by atoms with Crippen LogP contribution >= 0.6 is 11.6 Å². The highest BCUT2D eigenvalue weighted by Gasteiger charge is 2.36. The summed E-state index contributed by atoms with van der Waals surface area (Å²) in [4.78, 5) is 46.7. The molecule has 7 rings (SSSR count). The molecular formula is C35H34ClN5O5. The number of ether oxygens (including phenoxy) is 1. The lowest BCUT2D eigenvalue weighted by molar-refractivity contribution is 0.0635. The Morgan fingerprint density at radius 3 is 2.50 bits per heavy atom. The van der Waals surface area contributed by atoms with E-state index in [4.69, 9.17) is 16.3 Å². The molecule has 10 nitrogen and oxygen atoms in total. The molecule has 0 aliphatic carbocycles. The molecule has 0 radical (unpaired) electrons. The highest BCUT2D eigenvalue weighted by Crippen LogP contribution is 2.46. The second-order valence-corrected chi connectivity index (χ2v) is 13.2. The van der Waals surface area contributed by atoms with Crippen molar-refractivity contribution in [1.82, 2.24) is 9.55 Å². The molecule has 0 unspecified atom stereocenters. The van der Waals surface area contributed by atoms with Gasteiger partial charge < -0.3 is 29.2 Å². The zero-order valence-corrected chi connectivity index (χ0v) is 26.7. The van der Waals surface area contributed by atoms with Crippen LogP contribution in [-0.2, 0) is 18.2 Å². The first kappa shape index (κ1) is 29.7. The van der Waals surface area contributed by atoms with Gasteiger partial charge in [0.05, 0.1) is 11.4 Å². The van der Waals surface area contributed by atoms with E-state index in [1.54, 1.807) is 60.5 Å². The molecule has 2 aliphatic rings.